The van der Waals surface area contributed by atoms with Crippen LogP contribution in [0.1, 0.15) is 24.8 Å². The fourth-order valence-electron chi connectivity index (χ4n) is 2.48. The Morgan fingerprint density at radius 1 is 1.33 bits per heavy atom. The lowest BCUT2D eigenvalue weighted by Gasteiger charge is -2.38. The van der Waals surface area contributed by atoms with Crippen LogP contribution in [0.2, 0.25) is 0 Å². The standard InChI is InChI=1S/C15H19FN2/c1-18(12-15(11-17)8-2-9-15)10-7-13-3-5-14(16)6-4-13/h3-6H,2,7-10,12H2,1H3. The van der Waals surface area contributed by atoms with E-state index in [-0.39, 0.29) is 11.2 Å². The topological polar surface area (TPSA) is 27.0 Å². The van der Waals surface area contributed by atoms with Crippen LogP contribution in [-0.2, 0) is 6.42 Å². The summed E-state index contributed by atoms with van der Waals surface area (Å²) in [6.07, 6.45) is 4.15. The Bertz CT molecular complexity index is 429. The van der Waals surface area contributed by atoms with E-state index in [1.165, 1.54) is 18.6 Å². The number of hydrogen-bond acceptors (Lipinski definition) is 2. The Labute approximate surface area is 108 Å². The highest BCUT2D eigenvalue weighted by atomic mass is 19.1. The number of likely N-dealkylation sites (N-methyl/N-ethyl adjacent to an activating group) is 1. The summed E-state index contributed by atoms with van der Waals surface area (Å²) in [6.45, 7) is 1.76. The van der Waals surface area contributed by atoms with E-state index in [2.05, 4.69) is 18.0 Å². The lowest BCUT2D eigenvalue weighted by Crippen LogP contribution is -2.40. The van der Waals surface area contributed by atoms with Crippen molar-refractivity contribution in [3.8, 4) is 6.07 Å². The molecular weight excluding hydrogens is 227 g/mol. The molecule has 2 nitrogen and oxygen atoms in total. The molecule has 0 N–H and O–H groups in total. The summed E-state index contributed by atoms with van der Waals surface area (Å²) >= 11 is 0. The molecule has 1 aromatic carbocycles. The molecule has 0 aliphatic heterocycles. The number of rotatable bonds is 5. The molecule has 0 unspecified atom stereocenters. The summed E-state index contributed by atoms with van der Waals surface area (Å²) in [5.41, 5.74) is 1.04. The largest absolute Gasteiger partial charge is 0.304 e. The zero-order chi connectivity index (χ0) is 13.0. The average molecular weight is 246 g/mol. The predicted octanol–water partition coefficient (Wildman–Crippen LogP) is 2.99. The Morgan fingerprint density at radius 3 is 2.50 bits per heavy atom. The fourth-order valence-corrected chi connectivity index (χ4v) is 2.48. The third-order valence-electron chi connectivity index (χ3n) is 3.82. The SMILES string of the molecule is CN(CCc1ccc(F)cc1)CC1(C#N)CCC1. The third kappa shape index (κ3) is 3.08. The van der Waals surface area contributed by atoms with Gasteiger partial charge in [-0.05, 0) is 44.0 Å². The molecule has 0 atom stereocenters. The second kappa shape index (κ2) is 5.49. The molecule has 1 aliphatic carbocycles. The van der Waals surface area contributed by atoms with Gasteiger partial charge in [-0.1, -0.05) is 18.6 Å². The second-order valence-electron chi connectivity index (χ2n) is 5.36. The highest BCUT2D eigenvalue weighted by Crippen LogP contribution is 2.40. The smallest absolute Gasteiger partial charge is 0.123 e. The van der Waals surface area contributed by atoms with Gasteiger partial charge in [-0.15, -0.1) is 0 Å². The molecule has 0 saturated heterocycles. The molecule has 0 amide bonds. The first-order valence-corrected chi connectivity index (χ1v) is 6.48. The van der Waals surface area contributed by atoms with Crippen molar-refractivity contribution in [3.05, 3.63) is 35.6 Å². The van der Waals surface area contributed by atoms with Crippen LogP contribution in [-0.4, -0.2) is 25.0 Å². The molecule has 2 rings (SSSR count). The van der Waals surface area contributed by atoms with Crippen LogP contribution in [0.4, 0.5) is 4.39 Å². The second-order valence-corrected chi connectivity index (χ2v) is 5.36. The summed E-state index contributed by atoms with van der Waals surface area (Å²) in [4.78, 5) is 2.21. The van der Waals surface area contributed by atoms with Crippen molar-refractivity contribution in [3.63, 3.8) is 0 Å². The predicted molar refractivity (Wildman–Crippen MR) is 69.5 cm³/mol. The van der Waals surface area contributed by atoms with Crippen molar-refractivity contribution in [1.82, 2.24) is 4.90 Å². The number of nitriles is 1. The van der Waals surface area contributed by atoms with Crippen LogP contribution in [0.5, 0.6) is 0 Å². The Hall–Kier alpha value is -1.40. The molecule has 1 aromatic rings. The molecule has 0 radical (unpaired) electrons. The van der Waals surface area contributed by atoms with Gasteiger partial charge >= 0.3 is 0 Å². The maximum Gasteiger partial charge on any atom is 0.123 e. The van der Waals surface area contributed by atoms with Gasteiger partial charge in [-0.2, -0.15) is 5.26 Å². The minimum atomic E-state index is -0.190. The van der Waals surface area contributed by atoms with Gasteiger partial charge in [0.1, 0.15) is 5.82 Å². The van der Waals surface area contributed by atoms with Crippen molar-refractivity contribution in [1.29, 1.82) is 5.26 Å². The van der Waals surface area contributed by atoms with Gasteiger partial charge in [0.2, 0.25) is 0 Å². The summed E-state index contributed by atoms with van der Waals surface area (Å²) in [5.74, 6) is -0.190. The first kappa shape index (κ1) is 13.0. The molecule has 18 heavy (non-hydrogen) atoms. The Balaban J connectivity index is 1.80. The maximum absolute atomic E-state index is 12.8. The van der Waals surface area contributed by atoms with Crippen molar-refractivity contribution in [2.45, 2.75) is 25.7 Å². The Kier molecular flexibility index (Phi) is 3.98. The van der Waals surface area contributed by atoms with Gasteiger partial charge < -0.3 is 4.90 Å². The van der Waals surface area contributed by atoms with E-state index in [4.69, 9.17) is 0 Å². The van der Waals surface area contributed by atoms with E-state index >= 15 is 0 Å². The fraction of sp³-hybridized carbons (Fsp3) is 0.533. The van der Waals surface area contributed by atoms with Gasteiger partial charge in [-0.3, -0.25) is 0 Å². The van der Waals surface area contributed by atoms with Crippen molar-refractivity contribution < 1.29 is 4.39 Å². The zero-order valence-corrected chi connectivity index (χ0v) is 10.8. The highest BCUT2D eigenvalue weighted by molar-refractivity contribution is 5.16. The Morgan fingerprint density at radius 2 is 2.00 bits per heavy atom. The van der Waals surface area contributed by atoms with E-state index in [0.29, 0.717) is 0 Å². The molecule has 0 aromatic heterocycles. The summed E-state index contributed by atoms with van der Waals surface area (Å²) < 4.78 is 12.8. The zero-order valence-electron chi connectivity index (χ0n) is 10.8. The van der Waals surface area contributed by atoms with Crippen molar-refractivity contribution in [2.24, 2.45) is 5.41 Å². The van der Waals surface area contributed by atoms with Gasteiger partial charge in [0.25, 0.3) is 0 Å². The maximum atomic E-state index is 12.8. The highest BCUT2D eigenvalue weighted by Gasteiger charge is 2.37. The van der Waals surface area contributed by atoms with E-state index < -0.39 is 0 Å². The molecule has 1 saturated carbocycles. The lowest BCUT2D eigenvalue weighted by molar-refractivity contribution is 0.139. The number of halogens is 1. The van der Waals surface area contributed by atoms with E-state index in [1.807, 2.05) is 12.1 Å². The molecule has 96 valence electrons. The first-order valence-electron chi connectivity index (χ1n) is 6.48. The van der Waals surface area contributed by atoms with Crippen LogP contribution in [0.25, 0.3) is 0 Å². The van der Waals surface area contributed by atoms with Gasteiger partial charge in [0, 0.05) is 13.1 Å². The average Bonchev–Trinajstić information content (AvgIpc) is 2.33. The number of nitrogens with zero attached hydrogens (tertiary/aromatic N) is 2. The van der Waals surface area contributed by atoms with E-state index in [1.54, 1.807) is 0 Å². The third-order valence-corrected chi connectivity index (χ3v) is 3.82. The quantitative estimate of drug-likeness (QED) is 0.798. The van der Waals surface area contributed by atoms with E-state index in [9.17, 15) is 9.65 Å². The number of hydrogen-bond donors (Lipinski definition) is 0. The normalized spacial score (nSPS) is 17.2. The van der Waals surface area contributed by atoms with Crippen molar-refractivity contribution in [2.75, 3.05) is 20.1 Å². The lowest BCUT2D eigenvalue weighted by atomic mass is 9.69. The minimum Gasteiger partial charge on any atom is -0.304 e. The van der Waals surface area contributed by atoms with Crippen LogP contribution in [0, 0.1) is 22.6 Å². The van der Waals surface area contributed by atoms with Crippen LogP contribution >= 0.6 is 0 Å². The van der Waals surface area contributed by atoms with Gasteiger partial charge in [0.05, 0.1) is 11.5 Å². The molecule has 1 fully saturated rings. The van der Waals surface area contributed by atoms with Crippen LogP contribution < -0.4 is 0 Å². The van der Waals surface area contributed by atoms with Gasteiger partial charge in [-0.25, -0.2) is 4.39 Å². The van der Waals surface area contributed by atoms with Crippen molar-refractivity contribution >= 4 is 0 Å². The molecule has 3 heteroatoms. The first-order chi connectivity index (χ1) is 8.63. The van der Waals surface area contributed by atoms with Crippen LogP contribution in [0.3, 0.4) is 0 Å². The molecule has 0 bridgehead atoms. The van der Waals surface area contributed by atoms with E-state index in [0.717, 1.165) is 37.9 Å². The number of benzene rings is 1. The molecular formula is C15H19FN2. The summed E-state index contributed by atoms with van der Waals surface area (Å²) in [6, 6.07) is 9.11. The molecule has 0 heterocycles. The summed E-state index contributed by atoms with van der Waals surface area (Å²) in [5, 5.41) is 9.18. The molecule has 1 aliphatic rings. The summed E-state index contributed by atoms with van der Waals surface area (Å²) in [7, 11) is 2.06. The monoisotopic (exact) mass is 246 g/mol. The molecule has 0 spiro atoms. The van der Waals surface area contributed by atoms with Gasteiger partial charge in [0.15, 0.2) is 0 Å². The van der Waals surface area contributed by atoms with Crippen LogP contribution in [0.15, 0.2) is 24.3 Å². The minimum absolute atomic E-state index is 0.0997.